The van der Waals surface area contributed by atoms with E-state index < -0.39 is 0 Å². The highest BCUT2D eigenvalue weighted by Crippen LogP contribution is 2.17. The van der Waals surface area contributed by atoms with Crippen molar-refractivity contribution in [2.45, 2.75) is 39.7 Å². The van der Waals surface area contributed by atoms with Crippen LogP contribution in [0.4, 0.5) is 5.82 Å². The molecule has 0 unspecified atom stereocenters. The van der Waals surface area contributed by atoms with Crippen molar-refractivity contribution in [2.75, 3.05) is 18.0 Å². The Balaban J connectivity index is 1.60. The van der Waals surface area contributed by atoms with Gasteiger partial charge in [-0.15, -0.1) is 0 Å². The summed E-state index contributed by atoms with van der Waals surface area (Å²) >= 11 is 0. The summed E-state index contributed by atoms with van der Waals surface area (Å²) in [6, 6.07) is 3.91. The third kappa shape index (κ3) is 3.67. The van der Waals surface area contributed by atoms with Gasteiger partial charge in [0.2, 0.25) is 0 Å². The Hall–Kier alpha value is -2.57. The van der Waals surface area contributed by atoms with E-state index >= 15 is 0 Å². The Labute approximate surface area is 141 Å². The van der Waals surface area contributed by atoms with E-state index in [1.807, 2.05) is 26.0 Å². The van der Waals surface area contributed by atoms with E-state index in [1.54, 1.807) is 6.20 Å². The molecule has 3 heterocycles. The van der Waals surface area contributed by atoms with Crippen molar-refractivity contribution in [2.24, 2.45) is 10.9 Å². The molecule has 24 heavy (non-hydrogen) atoms. The minimum atomic E-state index is 0.279. The lowest BCUT2D eigenvalue weighted by atomic mass is 10.1. The summed E-state index contributed by atoms with van der Waals surface area (Å²) in [5.41, 5.74) is 8.41. The third-order valence-corrected chi connectivity index (χ3v) is 4.28. The van der Waals surface area contributed by atoms with Crippen molar-refractivity contribution in [3.05, 3.63) is 40.9 Å². The molecule has 0 aromatic carbocycles. The van der Waals surface area contributed by atoms with Crippen LogP contribution in [0.2, 0.25) is 0 Å². The molecule has 1 aliphatic heterocycles. The largest absolute Gasteiger partial charge is 0.389 e. The van der Waals surface area contributed by atoms with Crippen molar-refractivity contribution in [3.8, 4) is 0 Å². The molecular weight excluding hydrogens is 306 g/mol. The lowest BCUT2D eigenvalue weighted by molar-refractivity contribution is 0.129. The number of pyridine rings is 1. The summed E-state index contributed by atoms with van der Waals surface area (Å²) in [6.45, 7) is 6.12. The van der Waals surface area contributed by atoms with Crippen LogP contribution >= 0.6 is 0 Å². The average Bonchev–Trinajstić information content (AvgIpc) is 2.94. The van der Waals surface area contributed by atoms with Crippen LogP contribution in [0.5, 0.6) is 0 Å². The fourth-order valence-electron chi connectivity index (χ4n) is 2.77. The van der Waals surface area contributed by atoms with Crippen molar-refractivity contribution >= 4 is 11.7 Å². The first-order valence-electron chi connectivity index (χ1n) is 8.23. The van der Waals surface area contributed by atoms with Gasteiger partial charge in [0.05, 0.1) is 11.3 Å². The molecule has 1 saturated heterocycles. The number of hydrogen-bond acceptors (Lipinski definition) is 6. The Bertz CT molecular complexity index is 683. The van der Waals surface area contributed by atoms with Gasteiger partial charge < -0.3 is 20.0 Å². The molecule has 3 rings (SSSR count). The van der Waals surface area contributed by atoms with Crippen LogP contribution in [0.3, 0.4) is 0 Å². The number of aryl methyl sites for hydroxylation is 2. The van der Waals surface area contributed by atoms with Gasteiger partial charge in [0.25, 0.3) is 0 Å². The van der Waals surface area contributed by atoms with Gasteiger partial charge in [0, 0.05) is 24.8 Å². The number of oxime groups is 1. The summed E-state index contributed by atoms with van der Waals surface area (Å²) in [5, 5.41) is 7.84. The maximum absolute atomic E-state index is 5.97. The number of rotatable bonds is 5. The molecule has 0 amide bonds. The highest BCUT2D eigenvalue weighted by atomic mass is 16.6. The van der Waals surface area contributed by atoms with Crippen molar-refractivity contribution in [1.29, 1.82) is 0 Å². The molecule has 7 heteroatoms. The van der Waals surface area contributed by atoms with E-state index in [0.29, 0.717) is 5.84 Å². The van der Waals surface area contributed by atoms with Crippen molar-refractivity contribution in [1.82, 2.24) is 10.1 Å². The molecule has 0 spiro atoms. The molecule has 7 nitrogen and oxygen atoms in total. The monoisotopic (exact) mass is 329 g/mol. The zero-order valence-electron chi connectivity index (χ0n) is 14.2. The quantitative estimate of drug-likeness (QED) is 0.515. The lowest BCUT2D eigenvalue weighted by Gasteiger charge is -2.27. The fourth-order valence-corrected chi connectivity index (χ4v) is 2.77. The van der Waals surface area contributed by atoms with E-state index in [2.05, 4.69) is 20.2 Å². The summed E-state index contributed by atoms with van der Waals surface area (Å²) < 4.78 is 5.08. The second-order valence-electron chi connectivity index (χ2n) is 6.01. The van der Waals surface area contributed by atoms with E-state index in [9.17, 15) is 0 Å². The predicted octanol–water partition coefficient (Wildman–Crippen LogP) is 2.51. The van der Waals surface area contributed by atoms with Gasteiger partial charge in [-0.05, 0) is 45.2 Å². The van der Waals surface area contributed by atoms with Gasteiger partial charge in [0.1, 0.15) is 18.2 Å². The minimum absolute atomic E-state index is 0.279. The van der Waals surface area contributed by atoms with Gasteiger partial charge in [-0.3, -0.25) is 0 Å². The van der Waals surface area contributed by atoms with Gasteiger partial charge in [-0.25, -0.2) is 4.98 Å². The number of nitrogens with zero attached hydrogens (tertiary/aromatic N) is 4. The highest BCUT2D eigenvalue weighted by Gasteiger charge is 2.12. The maximum atomic E-state index is 5.97. The third-order valence-electron chi connectivity index (χ3n) is 4.28. The molecule has 1 fully saturated rings. The highest BCUT2D eigenvalue weighted by molar-refractivity contribution is 5.96. The van der Waals surface area contributed by atoms with Crippen LogP contribution in [-0.4, -0.2) is 29.1 Å². The predicted molar refractivity (Wildman–Crippen MR) is 91.8 cm³/mol. The second kappa shape index (κ2) is 7.33. The molecule has 0 saturated carbocycles. The molecule has 2 N–H and O–H groups in total. The molecular formula is C17H23N5O2. The van der Waals surface area contributed by atoms with Crippen LogP contribution in [0, 0.1) is 13.8 Å². The molecule has 1 aliphatic rings. The zero-order valence-corrected chi connectivity index (χ0v) is 14.2. The molecule has 2 aromatic heterocycles. The van der Waals surface area contributed by atoms with Crippen LogP contribution < -0.4 is 10.6 Å². The van der Waals surface area contributed by atoms with Crippen molar-refractivity contribution in [3.63, 3.8) is 0 Å². The lowest BCUT2D eigenvalue weighted by Crippen LogP contribution is -2.30. The Kier molecular flexibility index (Phi) is 4.98. The van der Waals surface area contributed by atoms with E-state index in [-0.39, 0.29) is 6.61 Å². The van der Waals surface area contributed by atoms with Gasteiger partial charge >= 0.3 is 0 Å². The zero-order chi connectivity index (χ0) is 16.9. The molecule has 0 radical (unpaired) electrons. The summed E-state index contributed by atoms with van der Waals surface area (Å²) in [7, 11) is 0. The Morgan fingerprint density at radius 1 is 1.29 bits per heavy atom. The number of piperidine rings is 1. The van der Waals surface area contributed by atoms with Crippen LogP contribution in [0.25, 0.3) is 0 Å². The van der Waals surface area contributed by atoms with E-state index in [4.69, 9.17) is 15.1 Å². The molecule has 0 atom stereocenters. The van der Waals surface area contributed by atoms with Gasteiger partial charge in [-0.1, -0.05) is 10.3 Å². The first-order chi connectivity index (χ1) is 11.6. The minimum Gasteiger partial charge on any atom is -0.389 e. The number of anilines is 1. The number of nitrogens with two attached hydrogens (primary N) is 1. The standard InChI is InChI=1S/C17H23N5O2/c1-12-15(13(2)24-20-12)11-23-21-17(18)14-6-7-16(19-10-14)22-8-4-3-5-9-22/h6-7,10H,3-5,8-9,11H2,1-2H3,(H2,18,21). The molecule has 2 aromatic rings. The molecule has 0 bridgehead atoms. The summed E-state index contributed by atoms with van der Waals surface area (Å²) in [4.78, 5) is 12.1. The first kappa shape index (κ1) is 16.3. The Morgan fingerprint density at radius 3 is 2.71 bits per heavy atom. The van der Waals surface area contributed by atoms with E-state index in [1.165, 1.54) is 19.3 Å². The van der Waals surface area contributed by atoms with E-state index in [0.717, 1.165) is 41.5 Å². The topological polar surface area (TPSA) is 89.8 Å². The molecule has 128 valence electrons. The SMILES string of the molecule is Cc1noc(C)c1CON=C(N)c1ccc(N2CCCCC2)nc1. The maximum Gasteiger partial charge on any atom is 0.171 e. The molecule has 0 aliphatic carbocycles. The van der Waals surface area contributed by atoms with Crippen LogP contribution in [0.15, 0.2) is 28.0 Å². The number of hydrogen-bond donors (Lipinski definition) is 1. The second-order valence-corrected chi connectivity index (χ2v) is 6.01. The Morgan fingerprint density at radius 2 is 2.08 bits per heavy atom. The number of amidine groups is 1. The summed E-state index contributed by atoms with van der Waals surface area (Å²) in [5.74, 6) is 2.02. The van der Waals surface area contributed by atoms with Gasteiger partial charge in [0.15, 0.2) is 5.84 Å². The summed E-state index contributed by atoms with van der Waals surface area (Å²) in [6.07, 6.45) is 5.49. The first-order valence-corrected chi connectivity index (χ1v) is 8.23. The van der Waals surface area contributed by atoms with Crippen LogP contribution in [-0.2, 0) is 11.4 Å². The fraction of sp³-hybridized carbons (Fsp3) is 0.471. The average molecular weight is 329 g/mol. The van der Waals surface area contributed by atoms with Gasteiger partial charge in [-0.2, -0.15) is 0 Å². The van der Waals surface area contributed by atoms with Crippen molar-refractivity contribution < 1.29 is 9.36 Å². The van der Waals surface area contributed by atoms with Crippen LogP contribution in [0.1, 0.15) is 41.8 Å². The number of aromatic nitrogens is 2. The normalized spacial score (nSPS) is 15.6. The smallest absolute Gasteiger partial charge is 0.171 e.